The molecule has 0 aliphatic heterocycles. The van der Waals surface area contributed by atoms with Crippen LogP contribution in [0.4, 0.5) is 0 Å². The highest BCUT2D eigenvalue weighted by Gasteiger charge is 2.19. The molecule has 0 radical (unpaired) electrons. The van der Waals surface area contributed by atoms with Crippen molar-refractivity contribution in [3.63, 3.8) is 0 Å². The van der Waals surface area contributed by atoms with Gasteiger partial charge in [-0.3, -0.25) is 0 Å². The van der Waals surface area contributed by atoms with Crippen LogP contribution in [0, 0.1) is 0 Å². The van der Waals surface area contributed by atoms with Gasteiger partial charge in [0.1, 0.15) is 0 Å². The zero-order valence-corrected chi connectivity index (χ0v) is 14.8. The predicted octanol–water partition coefficient (Wildman–Crippen LogP) is 3.86. The van der Waals surface area contributed by atoms with Crippen molar-refractivity contribution in [2.45, 2.75) is 97.1 Å². The van der Waals surface area contributed by atoms with Crippen LogP contribution in [-0.4, -0.2) is 36.9 Å². The summed E-state index contributed by atoms with van der Waals surface area (Å²) in [6.45, 7) is 8.32. The summed E-state index contributed by atoms with van der Waals surface area (Å²) in [5.74, 6) is 0. The normalized spacial score (nSPS) is 20.0. The Morgan fingerprint density at radius 3 is 1.29 bits per heavy atom. The van der Waals surface area contributed by atoms with E-state index in [-0.39, 0.29) is 6.61 Å². The minimum absolute atomic E-state index is 0.250. The maximum absolute atomic E-state index is 7.57. The smallest absolute Gasteiger partial charge is 0.0402 e. The first-order valence-electron chi connectivity index (χ1n) is 9.35. The molecule has 0 amide bonds. The first kappa shape index (κ1) is 20.9. The van der Waals surface area contributed by atoms with E-state index in [1.54, 1.807) is 6.92 Å². The molecule has 0 heterocycles. The van der Waals surface area contributed by atoms with Crippen molar-refractivity contribution in [3.05, 3.63) is 0 Å². The molecule has 21 heavy (non-hydrogen) atoms. The summed E-state index contributed by atoms with van der Waals surface area (Å²) in [4.78, 5) is 0. The third-order valence-electron chi connectivity index (χ3n) is 4.18. The number of hydrogen-bond donors (Lipinski definition) is 3. The Labute approximate surface area is 133 Å². The molecular formula is C18H40N2O. The molecule has 2 aliphatic carbocycles. The maximum atomic E-state index is 7.57. The maximum Gasteiger partial charge on any atom is 0.0402 e. The second-order valence-corrected chi connectivity index (χ2v) is 6.11. The third-order valence-corrected chi connectivity index (χ3v) is 4.18. The highest BCUT2D eigenvalue weighted by Crippen LogP contribution is 2.22. The van der Waals surface area contributed by atoms with Gasteiger partial charge in [0, 0.05) is 18.7 Å². The second kappa shape index (κ2) is 16.3. The summed E-state index contributed by atoms with van der Waals surface area (Å²) in [6, 6.07) is 1.74. The Morgan fingerprint density at radius 1 is 0.714 bits per heavy atom. The number of aliphatic hydroxyl groups excluding tert-OH is 1. The van der Waals surface area contributed by atoms with Crippen molar-refractivity contribution in [2.24, 2.45) is 0 Å². The fraction of sp³-hybridized carbons (Fsp3) is 1.00. The Hall–Kier alpha value is -0.120. The molecule has 0 aromatic carbocycles. The van der Waals surface area contributed by atoms with E-state index in [0.29, 0.717) is 0 Å². The lowest BCUT2D eigenvalue weighted by atomic mass is 9.91. The van der Waals surface area contributed by atoms with Crippen LogP contribution in [-0.2, 0) is 0 Å². The van der Waals surface area contributed by atoms with E-state index in [0.717, 1.165) is 25.2 Å². The monoisotopic (exact) mass is 300 g/mol. The Balaban J connectivity index is 0.000000422. The minimum Gasteiger partial charge on any atom is -0.397 e. The molecule has 128 valence electrons. The van der Waals surface area contributed by atoms with Gasteiger partial charge in [0.15, 0.2) is 0 Å². The molecule has 2 aliphatic rings. The van der Waals surface area contributed by atoms with Gasteiger partial charge < -0.3 is 15.7 Å². The van der Waals surface area contributed by atoms with Gasteiger partial charge in [-0.05, 0) is 45.7 Å². The van der Waals surface area contributed by atoms with Crippen LogP contribution < -0.4 is 10.6 Å². The zero-order chi connectivity index (χ0) is 15.8. The van der Waals surface area contributed by atoms with Crippen LogP contribution in [0.15, 0.2) is 0 Å². The van der Waals surface area contributed by atoms with Crippen molar-refractivity contribution >= 4 is 0 Å². The SMILES string of the molecule is C1CCC(NC2CCCCC2)CC1.CCNCC.CCO. The summed E-state index contributed by atoms with van der Waals surface area (Å²) in [5.41, 5.74) is 0. The Kier molecular flexibility index (Phi) is 16.2. The minimum atomic E-state index is 0.250. The highest BCUT2D eigenvalue weighted by atomic mass is 16.2. The van der Waals surface area contributed by atoms with Gasteiger partial charge in [0.2, 0.25) is 0 Å². The van der Waals surface area contributed by atoms with Crippen molar-refractivity contribution < 1.29 is 5.11 Å². The molecule has 0 saturated heterocycles. The predicted molar refractivity (Wildman–Crippen MR) is 93.9 cm³/mol. The number of rotatable bonds is 4. The van der Waals surface area contributed by atoms with Crippen LogP contribution in [0.5, 0.6) is 0 Å². The van der Waals surface area contributed by atoms with Gasteiger partial charge in [-0.1, -0.05) is 52.4 Å². The van der Waals surface area contributed by atoms with Gasteiger partial charge >= 0.3 is 0 Å². The first-order valence-corrected chi connectivity index (χ1v) is 9.35. The summed E-state index contributed by atoms with van der Waals surface area (Å²) in [5, 5.41) is 14.5. The van der Waals surface area contributed by atoms with Crippen LogP contribution >= 0.6 is 0 Å². The molecule has 2 fully saturated rings. The summed E-state index contributed by atoms with van der Waals surface area (Å²) in [7, 11) is 0. The molecule has 2 rings (SSSR count). The molecule has 0 aromatic heterocycles. The Bertz CT molecular complexity index is 170. The molecule has 3 heteroatoms. The molecule has 2 saturated carbocycles. The van der Waals surface area contributed by atoms with Gasteiger partial charge in [0.25, 0.3) is 0 Å². The van der Waals surface area contributed by atoms with Gasteiger partial charge in [0.05, 0.1) is 0 Å². The van der Waals surface area contributed by atoms with E-state index in [9.17, 15) is 0 Å². The molecular weight excluding hydrogens is 260 g/mol. The average molecular weight is 301 g/mol. The summed E-state index contributed by atoms with van der Waals surface area (Å²) < 4.78 is 0. The van der Waals surface area contributed by atoms with E-state index in [1.165, 1.54) is 64.2 Å². The average Bonchev–Trinajstić information content (AvgIpc) is 2.52. The lowest BCUT2D eigenvalue weighted by molar-refractivity contribution is 0.291. The van der Waals surface area contributed by atoms with Gasteiger partial charge in [-0.2, -0.15) is 0 Å². The number of aliphatic hydroxyl groups is 1. The third kappa shape index (κ3) is 13.3. The van der Waals surface area contributed by atoms with E-state index in [4.69, 9.17) is 5.11 Å². The van der Waals surface area contributed by atoms with Crippen LogP contribution in [0.3, 0.4) is 0 Å². The molecule has 3 nitrogen and oxygen atoms in total. The topological polar surface area (TPSA) is 44.3 Å². The summed E-state index contributed by atoms with van der Waals surface area (Å²) in [6.07, 6.45) is 14.6. The molecule has 3 N–H and O–H groups in total. The van der Waals surface area contributed by atoms with Gasteiger partial charge in [-0.25, -0.2) is 0 Å². The van der Waals surface area contributed by atoms with Crippen molar-refractivity contribution in [1.82, 2.24) is 10.6 Å². The standard InChI is InChI=1S/C12H23N.C4H11N.C2H6O/c1-3-7-11(8-4-1)13-12-9-5-2-6-10-12;1-3-5-4-2;1-2-3/h11-13H,1-10H2;5H,3-4H2,1-2H3;3H,2H2,1H3. The number of nitrogens with one attached hydrogen (secondary N) is 2. The largest absolute Gasteiger partial charge is 0.397 e. The van der Waals surface area contributed by atoms with E-state index in [1.807, 2.05) is 0 Å². The van der Waals surface area contributed by atoms with Crippen molar-refractivity contribution in [1.29, 1.82) is 0 Å². The lowest BCUT2D eigenvalue weighted by Gasteiger charge is -2.30. The van der Waals surface area contributed by atoms with Crippen LogP contribution in [0.1, 0.15) is 85.0 Å². The number of hydrogen-bond acceptors (Lipinski definition) is 3. The van der Waals surface area contributed by atoms with Crippen LogP contribution in [0.2, 0.25) is 0 Å². The van der Waals surface area contributed by atoms with Gasteiger partial charge in [-0.15, -0.1) is 0 Å². The van der Waals surface area contributed by atoms with Crippen molar-refractivity contribution in [2.75, 3.05) is 19.7 Å². The summed E-state index contributed by atoms with van der Waals surface area (Å²) >= 11 is 0. The molecule has 0 bridgehead atoms. The molecule has 0 aromatic rings. The molecule has 0 spiro atoms. The van der Waals surface area contributed by atoms with E-state index >= 15 is 0 Å². The fourth-order valence-electron chi connectivity index (χ4n) is 3.12. The van der Waals surface area contributed by atoms with E-state index in [2.05, 4.69) is 24.5 Å². The van der Waals surface area contributed by atoms with Crippen LogP contribution in [0.25, 0.3) is 0 Å². The fourth-order valence-corrected chi connectivity index (χ4v) is 3.12. The van der Waals surface area contributed by atoms with E-state index < -0.39 is 0 Å². The van der Waals surface area contributed by atoms with Crippen molar-refractivity contribution in [3.8, 4) is 0 Å². The first-order chi connectivity index (χ1) is 10.3. The quantitative estimate of drug-likeness (QED) is 0.739. The molecule has 0 unspecified atom stereocenters. The zero-order valence-electron chi connectivity index (χ0n) is 14.8. The lowest BCUT2D eigenvalue weighted by Crippen LogP contribution is -2.40. The second-order valence-electron chi connectivity index (χ2n) is 6.11. The highest BCUT2D eigenvalue weighted by molar-refractivity contribution is 4.79. The Morgan fingerprint density at radius 2 is 1.05 bits per heavy atom. The molecule has 0 atom stereocenters.